The highest BCUT2D eigenvalue weighted by atomic mass is 28.3. The Morgan fingerprint density at radius 3 is 3.07 bits per heavy atom. The Balaban J connectivity index is 2.18. The normalized spacial score (nSPS) is 28.4. The van der Waals surface area contributed by atoms with E-state index in [1.165, 1.54) is 19.3 Å². The number of hydrogen-bond donors (Lipinski definition) is 1. The number of hydrogen-bond acceptors (Lipinski definition) is 4. The molecule has 0 aliphatic carbocycles. The molecule has 1 N–H and O–H groups in total. The molecule has 90 valence electrons. The van der Waals surface area contributed by atoms with E-state index in [1.54, 1.807) is 0 Å². The molecule has 1 aliphatic rings. The van der Waals surface area contributed by atoms with Crippen molar-refractivity contribution in [1.82, 2.24) is 5.48 Å². The smallest absolute Gasteiger partial charge is 0.375 e. The first-order chi connectivity index (χ1) is 7.36. The summed E-state index contributed by atoms with van der Waals surface area (Å²) in [6.45, 7) is 6.56. The lowest BCUT2D eigenvalue weighted by molar-refractivity contribution is 0.0258. The molecule has 0 bridgehead atoms. The standard InChI is InChI=1S/C10H23NO3Si/c1-3-5-6-10-7-8-13-15(12-4-2)14-11-9-10/h10-11,15H,3-9H2,1-2H3. The molecular formula is C10H23NO3Si. The van der Waals surface area contributed by atoms with E-state index in [4.69, 9.17) is 13.4 Å². The van der Waals surface area contributed by atoms with Gasteiger partial charge in [0.15, 0.2) is 0 Å². The van der Waals surface area contributed by atoms with Crippen LogP contribution in [0, 0.1) is 5.92 Å². The minimum atomic E-state index is -1.87. The zero-order valence-corrected chi connectivity index (χ0v) is 11.0. The number of hydroxylamine groups is 1. The summed E-state index contributed by atoms with van der Waals surface area (Å²) in [6, 6.07) is 0. The first-order valence-electron chi connectivity index (χ1n) is 5.98. The molecule has 5 heteroatoms. The van der Waals surface area contributed by atoms with E-state index in [2.05, 4.69) is 12.4 Å². The van der Waals surface area contributed by atoms with Crippen molar-refractivity contribution in [3.63, 3.8) is 0 Å². The third-order valence-electron chi connectivity index (χ3n) is 2.60. The second-order valence-corrected chi connectivity index (χ2v) is 5.36. The Morgan fingerprint density at radius 1 is 1.47 bits per heavy atom. The molecule has 0 aromatic rings. The highest BCUT2D eigenvalue weighted by Crippen LogP contribution is 2.14. The average molecular weight is 233 g/mol. The second kappa shape index (κ2) is 8.24. The average Bonchev–Trinajstić information content (AvgIpc) is 2.20. The van der Waals surface area contributed by atoms with Gasteiger partial charge in [-0.2, -0.15) is 0 Å². The van der Waals surface area contributed by atoms with E-state index in [0.717, 1.165) is 19.6 Å². The lowest BCUT2D eigenvalue weighted by Gasteiger charge is -2.24. The van der Waals surface area contributed by atoms with Crippen LogP contribution < -0.4 is 5.48 Å². The molecule has 0 amide bonds. The van der Waals surface area contributed by atoms with Crippen molar-refractivity contribution in [3.8, 4) is 0 Å². The van der Waals surface area contributed by atoms with Crippen molar-refractivity contribution >= 4 is 9.53 Å². The maximum Gasteiger partial charge on any atom is 0.501 e. The second-order valence-electron chi connectivity index (χ2n) is 3.88. The third-order valence-corrected chi connectivity index (χ3v) is 4.07. The van der Waals surface area contributed by atoms with Gasteiger partial charge in [0.1, 0.15) is 0 Å². The largest absolute Gasteiger partial charge is 0.501 e. The molecule has 0 spiro atoms. The SMILES string of the molecule is CCCCC1CCO[SiH](OCC)ONC1. The fourth-order valence-corrected chi connectivity index (χ4v) is 2.72. The van der Waals surface area contributed by atoms with Crippen LogP contribution in [0.2, 0.25) is 0 Å². The van der Waals surface area contributed by atoms with Crippen molar-refractivity contribution in [2.45, 2.75) is 39.5 Å². The van der Waals surface area contributed by atoms with Crippen LogP contribution in [0.15, 0.2) is 0 Å². The van der Waals surface area contributed by atoms with Gasteiger partial charge >= 0.3 is 9.53 Å². The monoisotopic (exact) mass is 233 g/mol. The lowest BCUT2D eigenvalue weighted by Crippen LogP contribution is -2.39. The molecule has 2 atom stereocenters. The van der Waals surface area contributed by atoms with E-state index in [0.29, 0.717) is 12.5 Å². The Kier molecular flexibility index (Phi) is 7.21. The van der Waals surface area contributed by atoms with E-state index in [1.807, 2.05) is 6.92 Å². The molecule has 2 unspecified atom stereocenters. The summed E-state index contributed by atoms with van der Waals surface area (Å²) in [5, 5.41) is 0. The minimum absolute atomic E-state index is 0.665. The molecule has 4 nitrogen and oxygen atoms in total. The van der Waals surface area contributed by atoms with Crippen LogP contribution in [0.25, 0.3) is 0 Å². The molecule has 0 saturated carbocycles. The Morgan fingerprint density at radius 2 is 2.33 bits per heavy atom. The van der Waals surface area contributed by atoms with Gasteiger partial charge in [-0.25, -0.2) is 5.48 Å². The fourth-order valence-electron chi connectivity index (χ4n) is 1.66. The van der Waals surface area contributed by atoms with Crippen LogP contribution in [0.5, 0.6) is 0 Å². The van der Waals surface area contributed by atoms with Gasteiger partial charge in [-0.1, -0.05) is 19.8 Å². The van der Waals surface area contributed by atoms with E-state index >= 15 is 0 Å². The summed E-state index contributed by atoms with van der Waals surface area (Å²) in [7, 11) is -1.87. The summed E-state index contributed by atoms with van der Waals surface area (Å²) in [4.78, 5) is 0. The van der Waals surface area contributed by atoms with Crippen molar-refractivity contribution in [3.05, 3.63) is 0 Å². The van der Waals surface area contributed by atoms with Gasteiger partial charge in [0.25, 0.3) is 0 Å². The van der Waals surface area contributed by atoms with Crippen LogP contribution in [0.3, 0.4) is 0 Å². The summed E-state index contributed by atoms with van der Waals surface area (Å²) in [5.74, 6) is 0.682. The topological polar surface area (TPSA) is 39.7 Å². The lowest BCUT2D eigenvalue weighted by atomic mass is 9.99. The quantitative estimate of drug-likeness (QED) is 0.730. The Labute approximate surface area is 94.2 Å². The number of unbranched alkanes of at least 4 members (excludes halogenated alkanes) is 1. The van der Waals surface area contributed by atoms with Gasteiger partial charge in [-0.05, 0) is 25.7 Å². The molecule has 15 heavy (non-hydrogen) atoms. The molecule has 0 aromatic heterocycles. The summed E-state index contributed by atoms with van der Waals surface area (Å²) >= 11 is 0. The molecule has 0 aromatic carbocycles. The first-order valence-corrected chi connectivity index (χ1v) is 7.40. The summed E-state index contributed by atoms with van der Waals surface area (Å²) in [5.41, 5.74) is 2.99. The molecule has 1 fully saturated rings. The van der Waals surface area contributed by atoms with Gasteiger partial charge in [0.05, 0.1) is 0 Å². The van der Waals surface area contributed by atoms with Gasteiger partial charge in [-0.3, -0.25) is 4.53 Å². The van der Waals surface area contributed by atoms with Crippen molar-refractivity contribution in [2.24, 2.45) is 5.92 Å². The maximum absolute atomic E-state index is 5.57. The minimum Gasteiger partial charge on any atom is -0.375 e. The van der Waals surface area contributed by atoms with Crippen molar-refractivity contribution < 1.29 is 13.4 Å². The third kappa shape index (κ3) is 5.63. The van der Waals surface area contributed by atoms with Gasteiger partial charge in [0, 0.05) is 19.8 Å². The molecule has 1 aliphatic heterocycles. The Hall–Kier alpha value is 0.0569. The summed E-state index contributed by atoms with van der Waals surface area (Å²) < 4.78 is 16.3. The van der Waals surface area contributed by atoms with Gasteiger partial charge < -0.3 is 8.85 Å². The highest BCUT2D eigenvalue weighted by molar-refractivity contribution is 6.36. The van der Waals surface area contributed by atoms with Crippen molar-refractivity contribution in [2.75, 3.05) is 19.8 Å². The van der Waals surface area contributed by atoms with E-state index in [-0.39, 0.29) is 0 Å². The van der Waals surface area contributed by atoms with Crippen LogP contribution in [-0.4, -0.2) is 29.3 Å². The Bertz CT molecular complexity index is 150. The fraction of sp³-hybridized carbons (Fsp3) is 1.00. The molecular weight excluding hydrogens is 210 g/mol. The zero-order chi connectivity index (χ0) is 10.9. The van der Waals surface area contributed by atoms with Gasteiger partial charge in [0.2, 0.25) is 0 Å². The number of rotatable bonds is 5. The van der Waals surface area contributed by atoms with Crippen molar-refractivity contribution in [1.29, 1.82) is 0 Å². The summed E-state index contributed by atoms with van der Waals surface area (Å²) in [6.07, 6.45) is 4.93. The number of nitrogens with one attached hydrogen (secondary N) is 1. The van der Waals surface area contributed by atoms with Gasteiger partial charge in [-0.15, -0.1) is 0 Å². The van der Waals surface area contributed by atoms with Crippen LogP contribution in [0.1, 0.15) is 39.5 Å². The van der Waals surface area contributed by atoms with Crippen LogP contribution in [-0.2, 0) is 13.4 Å². The zero-order valence-electron chi connectivity index (χ0n) is 9.83. The maximum atomic E-state index is 5.57. The molecule has 0 radical (unpaired) electrons. The molecule has 1 rings (SSSR count). The van der Waals surface area contributed by atoms with E-state index in [9.17, 15) is 0 Å². The molecule has 1 heterocycles. The van der Waals surface area contributed by atoms with E-state index < -0.39 is 9.53 Å². The first kappa shape index (κ1) is 13.1. The predicted octanol–water partition coefficient (Wildman–Crippen LogP) is 1.49. The van der Waals surface area contributed by atoms with Crippen LogP contribution in [0.4, 0.5) is 0 Å². The predicted molar refractivity (Wildman–Crippen MR) is 61.4 cm³/mol. The molecule has 1 saturated heterocycles. The highest BCUT2D eigenvalue weighted by Gasteiger charge is 2.20. The van der Waals surface area contributed by atoms with Crippen LogP contribution >= 0.6 is 0 Å².